The van der Waals surface area contributed by atoms with Crippen LogP contribution in [0.2, 0.25) is 5.02 Å². The minimum Gasteiger partial charge on any atom is -0.496 e. The van der Waals surface area contributed by atoms with Gasteiger partial charge in [0.1, 0.15) is 11.6 Å². The van der Waals surface area contributed by atoms with E-state index in [1.165, 1.54) is 0 Å². The second kappa shape index (κ2) is 4.73. The summed E-state index contributed by atoms with van der Waals surface area (Å²) in [5.41, 5.74) is 1.16. The topological polar surface area (TPSA) is 45.1 Å². The molecule has 2 aromatic carbocycles. The molecule has 1 N–H and O–H groups in total. The van der Waals surface area contributed by atoms with Crippen molar-refractivity contribution in [1.82, 2.24) is 4.90 Å². The first kappa shape index (κ1) is 13.6. The number of aliphatic hydroxyl groups is 1. The number of methoxy groups -OCH3 is 1. The van der Waals surface area contributed by atoms with Gasteiger partial charge >= 0.3 is 0 Å². The highest BCUT2D eigenvalue weighted by Gasteiger charge is 2.51. The maximum absolute atomic E-state index is 11.6. The quantitative estimate of drug-likeness (QED) is 0.927. The fraction of sp³-hybridized carbons (Fsp3) is 0.235. The second-order valence-electron chi connectivity index (χ2n) is 5.42. The SMILES string of the molecule is COc1cccc2c1C(O)(c1ccc(Cl)cc1)N1CCN=C21. The number of aliphatic imine (C=N–C) groups is 1. The molecule has 0 bridgehead atoms. The molecule has 1 unspecified atom stereocenters. The Hall–Kier alpha value is -2.04. The van der Waals surface area contributed by atoms with Crippen molar-refractivity contribution in [3.05, 3.63) is 64.2 Å². The van der Waals surface area contributed by atoms with Crippen LogP contribution < -0.4 is 4.74 Å². The summed E-state index contributed by atoms with van der Waals surface area (Å²) in [5, 5.41) is 12.2. The van der Waals surface area contributed by atoms with Gasteiger partial charge in [0.25, 0.3) is 0 Å². The molecule has 2 aliphatic rings. The maximum Gasteiger partial charge on any atom is 0.196 e. The van der Waals surface area contributed by atoms with Crippen molar-refractivity contribution in [1.29, 1.82) is 0 Å². The van der Waals surface area contributed by atoms with Crippen molar-refractivity contribution < 1.29 is 9.84 Å². The van der Waals surface area contributed by atoms with E-state index in [1.54, 1.807) is 19.2 Å². The number of hydrogen-bond acceptors (Lipinski definition) is 4. The largest absolute Gasteiger partial charge is 0.496 e. The fourth-order valence-corrected chi connectivity index (χ4v) is 3.48. The van der Waals surface area contributed by atoms with E-state index >= 15 is 0 Å². The lowest BCUT2D eigenvalue weighted by Crippen LogP contribution is -2.43. The Morgan fingerprint density at radius 3 is 2.73 bits per heavy atom. The van der Waals surface area contributed by atoms with Gasteiger partial charge in [0.2, 0.25) is 0 Å². The summed E-state index contributed by atoms with van der Waals surface area (Å²) in [6, 6.07) is 13.0. The van der Waals surface area contributed by atoms with Gasteiger partial charge in [0.05, 0.1) is 19.2 Å². The summed E-state index contributed by atoms with van der Waals surface area (Å²) in [4.78, 5) is 6.49. The third-order valence-electron chi connectivity index (χ3n) is 4.31. The highest BCUT2D eigenvalue weighted by atomic mass is 35.5. The Labute approximate surface area is 133 Å². The number of amidine groups is 1. The highest BCUT2D eigenvalue weighted by molar-refractivity contribution is 6.30. The lowest BCUT2D eigenvalue weighted by molar-refractivity contribution is -0.0258. The van der Waals surface area contributed by atoms with Crippen molar-refractivity contribution in [2.24, 2.45) is 4.99 Å². The number of halogens is 1. The number of hydrogen-bond donors (Lipinski definition) is 1. The molecule has 0 saturated carbocycles. The number of ether oxygens (including phenoxy) is 1. The summed E-state index contributed by atoms with van der Waals surface area (Å²) in [7, 11) is 1.61. The fourth-order valence-electron chi connectivity index (χ4n) is 3.36. The van der Waals surface area contributed by atoms with Gasteiger partial charge in [-0.25, -0.2) is 0 Å². The van der Waals surface area contributed by atoms with Gasteiger partial charge in [-0.15, -0.1) is 0 Å². The van der Waals surface area contributed by atoms with Crippen molar-refractivity contribution in [3.63, 3.8) is 0 Å². The van der Waals surface area contributed by atoms with Crippen molar-refractivity contribution >= 4 is 17.4 Å². The van der Waals surface area contributed by atoms with Gasteiger partial charge in [-0.1, -0.05) is 35.9 Å². The molecule has 2 aromatic rings. The van der Waals surface area contributed by atoms with Gasteiger partial charge < -0.3 is 14.7 Å². The predicted octanol–water partition coefficient (Wildman–Crippen LogP) is 2.62. The van der Waals surface area contributed by atoms with E-state index < -0.39 is 5.72 Å². The van der Waals surface area contributed by atoms with Crippen LogP contribution in [0.4, 0.5) is 0 Å². The van der Waals surface area contributed by atoms with Gasteiger partial charge in [-0.3, -0.25) is 4.99 Å². The molecule has 0 aliphatic carbocycles. The number of nitrogens with zero attached hydrogens (tertiary/aromatic N) is 2. The average Bonchev–Trinajstić information content (AvgIpc) is 3.11. The van der Waals surface area contributed by atoms with Crippen LogP contribution in [0, 0.1) is 0 Å². The van der Waals surface area contributed by atoms with E-state index in [0.29, 0.717) is 23.9 Å². The molecule has 1 atom stereocenters. The molecule has 5 heteroatoms. The van der Waals surface area contributed by atoms with Crippen LogP contribution in [0.3, 0.4) is 0 Å². The van der Waals surface area contributed by atoms with E-state index in [-0.39, 0.29) is 0 Å². The van der Waals surface area contributed by atoms with E-state index in [1.807, 2.05) is 35.2 Å². The Balaban J connectivity index is 2.01. The van der Waals surface area contributed by atoms with E-state index in [2.05, 4.69) is 4.99 Å². The van der Waals surface area contributed by atoms with Crippen molar-refractivity contribution in [2.45, 2.75) is 5.72 Å². The summed E-state index contributed by atoms with van der Waals surface area (Å²) >= 11 is 5.99. The highest BCUT2D eigenvalue weighted by Crippen LogP contribution is 2.47. The molecule has 0 amide bonds. The molecular weight excluding hydrogens is 300 g/mol. The van der Waals surface area contributed by atoms with E-state index in [9.17, 15) is 5.11 Å². The van der Waals surface area contributed by atoms with Crippen LogP contribution in [0.1, 0.15) is 16.7 Å². The average molecular weight is 315 g/mol. The zero-order valence-corrected chi connectivity index (χ0v) is 12.8. The van der Waals surface area contributed by atoms with Crippen LogP contribution in [-0.4, -0.2) is 36.0 Å². The number of fused-ring (bicyclic) bond motifs is 3. The first-order valence-electron chi connectivity index (χ1n) is 7.14. The van der Waals surface area contributed by atoms with Gasteiger partial charge in [0, 0.05) is 22.7 Å². The van der Waals surface area contributed by atoms with Gasteiger partial charge in [-0.05, 0) is 18.2 Å². The number of benzene rings is 2. The Bertz CT molecular complexity index is 773. The lowest BCUT2D eigenvalue weighted by Gasteiger charge is -2.34. The molecule has 2 heterocycles. The van der Waals surface area contributed by atoms with Crippen LogP contribution >= 0.6 is 11.6 Å². The van der Waals surface area contributed by atoms with Crippen LogP contribution in [-0.2, 0) is 5.72 Å². The minimum absolute atomic E-state index is 0.640. The van der Waals surface area contributed by atoms with Crippen LogP contribution in [0.15, 0.2) is 47.5 Å². The molecule has 4 nitrogen and oxygen atoms in total. The zero-order valence-electron chi connectivity index (χ0n) is 12.1. The molecular formula is C17H15ClN2O2. The van der Waals surface area contributed by atoms with E-state index in [4.69, 9.17) is 16.3 Å². The molecule has 112 valence electrons. The maximum atomic E-state index is 11.6. The van der Waals surface area contributed by atoms with E-state index in [0.717, 1.165) is 22.5 Å². The lowest BCUT2D eigenvalue weighted by atomic mass is 9.92. The first-order valence-corrected chi connectivity index (χ1v) is 7.52. The summed E-state index contributed by atoms with van der Waals surface area (Å²) in [5.74, 6) is 1.48. The summed E-state index contributed by atoms with van der Waals surface area (Å²) in [6.07, 6.45) is 0. The third-order valence-corrected chi connectivity index (χ3v) is 4.57. The standard InChI is InChI=1S/C17H15ClN2O2/c1-22-14-4-2-3-13-15(14)17(21,20-10-9-19-16(13)20)11-5-7-12(18)8-6-11/h2-8,21H,9-10H2,1H3. The molecule has 0 radical (unpaired) electrons. The normalized spacial score (nSPS) is 22.3. The molecule has 0 spiro atoms. The van der Waals surface area contributed by atoms with Crippen molar-refractivity contribution in [2.75, 3.05) is 20.2 Å². The Morgan fingerprint density at radius 2 is 2.00 bits per heavy atom. The Kier molecular flexibility index (Phi) is 2.93. The molecule has 0 saturated heterocycles. The molecule has 4 rings (SSSR count). The summed E-state index contributed by atoms with van der Waals surface area (Å²) < 4.78 is 5.50. The monoisotopic (exact) mass is 314 g/mol. The van der Waals surface area contributed by atoms with Crippen LogP contribution in [0.25, 0.3) is 0 Å². The molecule has 0 aromatic heterocycles. The molecule has 22 heavy (non-hydrogen) atoms. The molecule has 2 aliphatic heterocycles. The third kappa shape index (κ3) is 1.65. The second-order valence-corrected chi connectivity index (χ2v) is 5.86. The minimum atomic E-state index is -1.28. The zero-order chi connectivity index (χ0) is 15.3. The number of rotatable bonds is 2. The Morgan fingerprint density at radius 1 is 1.23 bits per heavy atom. The first-order chi connectivity index (χ1) is 10.7. The van der Waals surface area contributed by atoms with Gasteiger partial charge in [-0.2, -0.15) is 0 Å². The molecule has 0 fully saturated rings. The van der Waals surface area contributed by atoms with Crippen LogP contribution in [0.5, 0.6) is 5.75 Å². The smallest absolute Gasteiger partial charge is 0.196 e. The predicted molar refractivity (Wildman–Crippen MR) is 85.6 cm³/mol. The summed E-state index contributed by atoms with van der Waals surface area (Å²) in [6.45, 7) is 1.36. The van der Waals surface area contributed by atoms with Gasteiger partial charge in [0.15, 0.2) is 5.72 Å². The van der Waals surface area contributed by atoms with Crippen molar-refractivity contribution in [3.8, 4) is 5.75 Å².